The molecule has 0 aliphatic carbocycles. The molecule has 3 nitrogen and oxygen atoms in total. The van der Waals surface area contributed by atoms with Gasteiger partial charge in [-0.15, -0.1) is 0 Å². The Morgan fingerprint density at radius 3 is 2.80 bits per heavy atom. The number of hydrogen-bond acceptors (Lipinski definition) is 3. The van der Waals surface area contributed by atoms with Crippen LogP contribution in [-0.2, 0) is 11.3 Å². The lowest BCUT2D eigenvalue weighted by molar-refractivity contribution is 0.123. The molecule has 0 aromatic heterocycles. The summed E-state index contributed by atoms with van der Waals surface area (Å²) in [4.78, 5) is 0. The maximum Gasteiger partial charge on any atom is 0.0731 e. The van der Waals surface area contributed by atoms with E-state index in [2.05, 4.69) is 5.32 Å². The number of nitrogens with two attached hydrogens (primary N) is 1. The fourth-order valence-electron chi connectivity index (χ4n) is 1.17. The van der Waals surface area contributed by atoms with Gasteiger partial charge in [-0.25, -0.2) is 0 Å². The van der Waals surface area contributed by atoms with Crippen LogP contribution in [0.1, 0.15) is 5.56 Å². The van der Waals surface area contributed by atoms with E-state index in [0.29, 0.717) is 19.8 Å². The minimum atomic E-state index is 0.560. The highest BCUT2D eigenvalue weighted by atomic mass is 35.5. The lowest BCUT2D eigenvalue weighted by atomic mass is 10.2. The molecule has 1 rings (SSSR count). The molecule has 0 aliphatic rings. The summed E-state index contributed by atoms with van der Waals surface area (Å²) in [6.07, 6.45) is 0. The molecule has 0 unspecified atom stereocenters. The average molecular weight is 229 g/mol. The van der Waals surface area contributed by atoms with E-state index in [9.17, 15) is 0 Å². The monoisotopic (exact) mass is 228 g/mol. The standard InChI is InChI=1S/C11H17ClN2O/c12-11-4-2-1-3-10(11)9-15-8-7-14-6-5-13/h1-4,14H,5-9,13H2. The Kier molecular flexibility index (Phi) is 6.36. The summed E-state index contributed by atoms with van der Waals surface area (Å²) in [7, 11) is 0. The average Bonchev–Trinajstić information content (AvgIpc) is 2.25. The SMILES string of the molecule is NCCNCCOCc1ccccc1Cl. The zero-order valence-electron chi connectivity index (χ0n) is 8.71. The van der Waals surface area contributed by atoms with Crippen molar-refractivity contribution in [2.24, 2.45) is 5.73 Å². The maximum absolute atomic E-state index is 5.97. The number of nitrogens with one attached hydrogen (secondary N) is 1. The molecule has 0 amide bonds. The van der Waals surface area contributed by atoms with Gasteiger partial charge in [0.05, 0.1) is 13.2 Å². The molecule has 0 saturated carbocycles. The van der Waals surface area contributed by atoms with Crippen LogP contribution in [0.5, 0.6) is 0 Å². The fourth-order valence-corrected chi connectivity index (χ4v) is 1.36. The minimum Gasteiger partial charge on any atom is -0.375 e. The van der Waals surface area contributed by atoms with E-state index in [-0.39, 0.29) is 0 Å². The van der Waals surface area contributed by atoms with E-state index in [1.165, 1.54) is 0 Å². The highest BCUT2D eigenvalue weighted by molar-refractivity contribution is 6.31. The summed E-state index contributed by atoms with van der Waals surface area (Å²) in [6.45, 7) is 3.54. The topological polar surface area (TPSA) is 47.3 Å². The number of benzene rings is 1. The predicted octanol–water partition coefficient (Wildman–Crippen LogP) is 1.40. The second-order valence-electron chi connectivity index (χ2n) is 3.18. The molecule has 0 fully saturated rings. The van der Waals surface area contributed by atoms with Crippen molar-refractivity contribution in [1.82, 2.24) is 5.32 Å². The van der Waals surface area contributed by atoms with E-state index in [1.807, 2.05) is 24.3 Å². The highest BCUT2D eigenvalue weighted by Gasteiger charge is 1.97. The lowest BCUT2D eigenvalue weighted by Crippen LogP contribution is -2.25. The van der Waals surface area contributed by atoms with Crippen molar-refractivity contribution in [3.8, 4) is 0 Å². The van der Waals surface area contributed by atoms with Gasteiger partial charge in [-0.05, 0) is 11.6 Å². The first kappa shape index (κ1) is 12.5. The molecule has 0 spiro atoms. The third kappa shape index (κ3) is 5.14. The summed E-state index contributed by atoms with van der Waals surface area (Å²) in [5, 5.41) is 3.91. The summed E-state index contributed by atoms with van der Waals surface area (Å²) >= 11 is 5.97. The Morgan fingerprint density at radius 2 is 2.07 bits per heavy atom. The van der Waals surface area contributed by atoms with Crippen LogP contribution >= 0.6 is 11.6 Å². The molecule has 0 aliphatic heterocycles. The van der Waals surface area contributed by atoms with Crippen LogP contribution in [0.2, 0.25) is 5.02 Å². The molecule has 0 atom stereocenters. The molecular formula is C11H17ClN2O. The van der Waals surface area contributed by atoms with Crippen molar-refractivity contribution in [3.05, 3.63) is 34.9 Å². The molecule has 0 bridgehead atoms. The molecule has 0 heterocycles. The normalized spacial score (nSPS) is 10.5. The van der Waals surface area contributed by atoms with Gasteiger partial charge in [0.15, 0.2) is 0 Å². The Labute approximate surface area is 95.6 Å². The second kappa shape index (κ2) is 7.65. The lowest BCUT2D eigenvalue weighted by Gasteiger charge is -2.06. The van der Waals surface area contributed by atoms with Crippen molar-refractivity contribution < 1.29 is 4.74 Å². The smallest absolute Gasteiger partial charge is 0.0731 e. The first-order chi connectivity index (χ1) is 7.34. The van der Waals surface area contributed by atoms with E-state index in [4.69, 9.17) is 22.1 Å². The van der Waals surface area contributed by atoms with Gasteiger partial charge in [-0.3, -0.25) is 0 Å². The molecule has 1 aromatic carbocycles. The summed E-state index contributed by atoms with van der Waals surface area (Å²) < 4.78 is 5.46. The Hall–Kier alpha value is -0.610. The van der Waals surface area contributed by atoms with Crippen LogP contribution in [0.4, 0.5) is 0 Å². The van der Waals surface area contributed by atoms with Gasteiger partial charge in [0, 0.05) is 24.7 Å². The van der Waals surface area contributed by atoms with Gasteiger partial charge >= 0.3 is 0 Å². The molecule has 0 saturated heterocycles. The molecular weight excluding hydrogens is 212 g/mol. The van der Waals surface area contributed by atoms with Crippen molar-refractivity contribution in [1.29, 1.82) is 0 Å². The summed E-state index contributed by atoms with van der Waals surface area (Å²) in [5.41, 5.74) is 6.36. The predicted molar refractivity (Wildman–Crippen MR) is 63.0 cm³/mol. The quantitative estimate of drug-likeness (QED) is 0.694. The Balaban J connectivity index is 2.12. The van der Waals surface area contributed by atoms with Gasteiger partial charge in [0.1, 0.15) is 0 Å². The van der Waals surface area contributed by atoms with Gasteiger partial charge in [0.2, 0.25) is 0 Å². The van der Waals surface area contributed by atoms with Crippen molar-refractivity contribution >= 4 is 11.6 Å². The van der Waals surface area contributed by atoms with Gasteiger partial charge < -0.3 is 15.8 Å². The van der Waals surface area contributed by atoms with Crippen molar-refractivity contribution in [2.45, 2.75) is 6.61 Å². The van der Waals surface area contributed by atoms with Crippen molar-refractivity contribution in [2.75, 3.05) is 26.2 Å². The number of halogens is 1. The number of rotatable bonds is 7. The fraction of sp³-hybridized carbons (Fsp3) is 0.455. The minimum absolute atomic E-state index is 0.560. The van der Waals surface area contributed by atoms with Gasteiger partial charge in [0.25, 0.3) is 0 Å². The maximum atomic E-state index is 5.97. The second-order valence-corrected chi connectivity index (χ2v) is 3.59. The Bertz CT molecular complexity index is 281. The van der Waals surface area contributed by atoms with E-state index in [1.54, 1.807) is 0 Å². The molecule has 3 N–H and O–H groups in total. The van der Waals surface area contributed by atoms with Gasteiger partial charge in [-0.2, -0.15) is 0 Å². The van der Waals surface area contributed by atoms with Crippen LogP contribution in [0.15, 0.2) is 24.3 Å². The summed E-state index contributed by atoms with van der Waals surface area (Å²) in [5.74, 6) is 0. The van der Waals surface area contributed by atoms with E-state index >= 15 is 0 Å². The Morgan fingerprint density at radius 1 is 1.27 bits per heavy atom. The van der Waals surface area contributed by atoms with Crippen LogP contribution in [0.25, 0.3) is 0 Å². The van der Waals surface area contributed by atoms with Crippen molar-refractivity contribution in [3.63, 3.8) is 0 Å². The zero-order valence-corrected chi connectivity index (χ0v) is 9.46. The van der Waals surface area contributed by atoms with E-state index < -0.39 is 0 Å². The third-order valence-electron chi connectivity index (χ3n) is 1.96. The molecule has 84 valence electrons. The van der Waals surface area contributed by atoms with Crippen LogP contribution in [0.3, 0.4) is 0 Å². The van der Waals surface area contributed by atoms with Crippen LogP contribution in [0, 0.1) is 0 Å². The third-order valence-corrected chi connectivity index (χ3v) is 2.33. The molecule has 1 aromatic rings. The largest absolute Gasteiger partial charge is 0.375 e. The molecule has 4 heteroatoms. The highest BCUT2D eigenvalue weighted by Crippen LogP contribution is 2.15. The number of ether oxygens (including phenoxy) is 1. The summed E-state index contributed by atoms with van der Waals surface area (Å²) in [6, 6.07) is 7.70. The first-order valence-corrected chi connectivity index (χ1v) is 5.44. The van der Waals surface area contributed by atoms with Crippen LogP contribution in [-0.4, -0.2) is 26.2 Å². The zero-order chi connectivity index (χ0) is 10.9. The molecule has 0 radical (unpaired) electrons. The van der Waals surface area contributed by atoms with E-state index in [0.717, 1.165) is 23.7 Å². The number of hydrogen-bond donors (Lipinski definition) is 2. The first-order valence-electron chi connectivity index (χ1n) is 5.06. The molecule has 15 heavy (non-hydrogen) atoms. The van der Waals surface area contributed by atoms with Crippen LogP contribution < -0.4 is 11.1 Å². The van der Waals surface area contributed by atoms with Gasteiger partial charge in [-0.1, -0.05) is 29.8 Å².